The van der Waals surface area contributed by atoms with Crippen LogP contribution >= 0.6 is 0 Å². The molecule has 1 aromatic carbocycles. The van der Waals surface area contributed by atoms with E-state index in [1.165, 1.54) is 12.1 Å². The van der Waals surface area contributed by atoms with Gasteiger partial charge in [-0.3, -0.25) is 14.5 Å². The number of hydrogen-bond donors (Lipinski definition) is 0. The lowest BCUT2D eigenvalue weighted by Crippen LogP contribution is -2.54. The fourth-order valence-corrected chi connectivity index (χ4v) is 3.66. The van der Waals surface area contributed by atoms with E-state index in [4.69, 9.17) is 4.74 Å². The molecule has 0 aliphatic carbocycles. The number of likely N-dealkylation sites (tertiary alicyclic amines) is 1. The summed E-state index contributed by atoms with van der Waals surface area (Å²) in [6.45, 7) is 4.65. The zero-order chi connectivity index (χ0) is 18.5. The number of piperazine rings is 1. The van der Waals surface area contributed by atoms with E-state index in [1.54, 1.807) is 19.2 Å². The summed E-state index contributed by atoms with van der Waals surface area (Å²) in [4.78, 5) is 30.8. The molecule has 2 amide bonds. The summed E-state index contributed by atoms with van der Waals surface area (Å²) >= 11 is 0. The molecule has 26 heavy (non-hydrogen) atoms. The van der Waals surface area contributed by atoms with Crippen LogP contribution < -0.4 is 0 Å². The number of rotatable bonds is 6. The van der Waals surface area contributed by atoms with Crippen LogP contribution in [-0.4, -0.2) is 85.5 Å². The fourth-order valence-electron chi connectivity index (χ4n) is 3.66. The smallest absolute Gasteiger partial charge is 0.240 e. The van der Waals surface area contributed by atoms with E-state index in [0.717, 1.165) is 18.5 Å². The van der Waals surface area contributed by atoms with Gasteiger partial charge in [0, 0.05) is 46.4 Å². The standard InChI is InChI=1S/C19H26FN3O3/c1-26-13-12-23-7-6-17(19(23)25)21-8-10-22(11-9-21)18(24)14-15-2-4-16(20)5-3-15/h2-5,17H,6-14H2,1H3. The second-order valence-corrected chi connectivity index (χ2v) is 6.84. The van der Waals surface area contributed by atoms with Gasteiger partial charge in [-0.15, -0.1) is 0 Å². The van der Waals surface area contributed by atoms with E-state index in [-0.39, 0.29) is 30.1 Å². The Bertz CT molecular complexity index is 629. The van der Waals surface area contributed by atoms with Crippen LogP contribution in [0.25, 0.3) is 0 Å². The lowest BCUT2D eigenvalue weighted by Gasteiger charge is -2.37. The summed E-state index contributed by atoms with van der Waals surface area (Å²) in [7, 11) is 1.64. The molecule has 2 aliphatic heterocycles. The molecule has 142 valence electrons. The molecule has 7 heteroatoms. The molecular weight excluding hydrogens is 337 g/mol. The Morgan fingerprint density at radius 3 is 2.50 bits per heavy atom. The first-order chi connectivity index (χ1) is 12.6. The topological polar surface area (TPSA) is 53.1 Å². The van der Waals surface area contributed by atoms with Gasteiger partial charge in [-0.2, -0.15) is 0 Å². The third-order valence-corrected chi connectivity index (χ3v) is 5.21. The lowest BCUT2D eigenvalue weighted by molar-refractivity contribution is -0.135. The van der Waals surface area contributed by atoms with Crippen molar-refractivity contribution >= 4 is 11.8 Å². The van der Waals surface area contributed by atoms with Crippen molar-refractivity contribution in [2.24, 2.45) is 0 Å². The molecule has 0 aromatic heterocycles. The first kappa shape index (κ1) is 18.8. The van der Waals surface area contributed by atoms with Gasteiger partial charge in [-0.25, -0.2) is 4.39 Å². The maximum Gasteiger partial charge on any atom is 0.240 e. The number of amides is 2. The number of halogens is 1. The highest BCUT2D eigenvalue weighted by Gasteiger charge is 2.37. The molecule has 1 unspecified atom stereocenters. The Hall–Kier alpha value is -1.99. The second-order valence-electron chi connectivity index (χ2n) is 6.84. The lowest BCUT2D eigenvalue weighted by atomic mass is 10.1. The van der Waals surface area contributed by atoms with Crippen LogP contribution in [0, 0.1) is 5.82 Å². The van der Waals surface area contributed by atoms with Gasteiger partial charge in [-0.05, 0) is 24.1 Å². The SMILES string of the molecule is COCCN1CCC(N2CCN(C(=O)Cc3ccc(F)cc3)CC2)C1=O. The Kier molecular flexibility index (Phi) is 6.21. The Labute approximate surface area is 153 Å². The zero-order valence-corrected chi connectivity index (χ0v) is 15.2. The first-order valence-corrected chi connectivity index (χ1v) is 9.12. The molecule has 1 aromatic rings. The number of carbonyl (C=O) groups excluding carboxylic acids is 2. The Morgan fingerprint density at radius 2 is 1.85 bits per heavy atom. The molecule has 3 rings (SSSR count). The van der Waals surface area contributed by atoms with Crippen molar-refractivity contribution in [3.8, 4) is 0 Å². The number of methoxy groups -OCH3 is 1. The summed E-state index contributed by atoms with van der Waals surface area (Å²) in [6, 6.07) is 5.98. The monoisotopic (exact) mass is 363 g/mol. The summed E-state index contributed by atoms with van der Waals surface area (Å²) < 4.78 is 18.0. The predicted molar refractivity (Wildman–Crippen MR) is 95.1 cm³/mol. The van der Waals surface area contributed by atoms with Crippen LogP contribution in [0.3, 0.4) is 0 Å². The number of ether oxygens (including phenoxy) is 1. The Morgan fingerprint density at radius 1 is 1.15 bits per heavy atom. The van der Waals surface area contributed by atoms with Crippen molar-refractivity contribution < 1.29 is 18.7 Å². The molecule has 1 atom stereocenters. The Balaban J connectivity index is 1.47. The molecule has 0 radical (unpaired) electrons. The molecule has 6 nitrogen and oxygen atoms in total. The summed E-state index contributed by atoms with van der Waals surface area (Å²) in [5.41, 5.74) is 0.818. The van der Waals surface area contributed by atoms with Gasteiger partial charge in [0.1, 0.15) is 5.82 Å². The zero-order valence-electron chi connectivity index (χ0n) is 15.2. The molecular formula is C19H26FN3O3. The number of hydrogen-bond acceptors (Lipinski definition) is 4. The molecule has 0 spiro atoms. The van der Waals surface area contributed by atoms with E-state index in [9.17, 15) is 14.0 Å². The van der Waals surface area contributed by atoms with Gasteiger partial charge in [0.15, 0.2) is 0 Å². The molecule has 2 heterocycles. The van der Waals surface area contributed by atoms with Crippen LogP contribution in [0.5, 0.6) is 0 Å². The van der Waals surface area contributed by atoms with Gasteiger partial charge in [0.2, 0.25) is 11.8 Å². The normalized spacial score (nSPS) is 21.5. The summed E-state index contributed by atoms with van der Waals surface area (Å²) in [5, 5.41) is 0. The van der Waals surface area contributed by atoms with Gasteiger partial charge in [0.25, 0.3) is 0 Å². The van der Waals surface area contributed by atoms with E-state index in [0.29, 0.717) is 39.3 Å². The van der Waals surface area contributed by atoms with Crippen molar-refractivity contribution in [3.05, 3.63) is 35.6 Å². The third-order valence-electron chi connectivity index (χ3n) is 5.21. The quantitative estimate of drug-likeness (QED) is 0.749. The highest BCUT2D eigenvalue weighted by atomic mass is 19.1. The maximum absolute atomic E-state index is 13.0. The van der Waals surface area contributed by atoms with Crippen LogP contribution in [0.15, 0.2) is 24.3 Å². The minimum atomic E-state index is -0.296. The summed E-state index contributed by atoms with van der Waals surface area (Å²) in [5.74, 6) is -0.0700. The first-order valence-electron chi connectivity index (χ1n) is 9.12. The number of carbonyl (C=O) groups is 2. The predicted octanol–water partition coefficient (Wildman–Crippen LogP) is 0.760. The highest BCUT2D eigenvalue weighted by molar-refractivity contribution is 5.84. The minimum Gasteiger partial charge on any atom is -0.383 e. The van der Waals surface area contributed by atoms with Crippen molar-refractivity contribution in [3.63, 3.8) is 0 Å². The third kappa shape index (κ3) is 4.40. The van der Waals surface area contributed by atoms with E-state index in [1.807, 2.05) is 9.80 Å². The van der Waals surface area contributed by atoms with Gasteiger partial charge < -0.3 is 14.5 Å². The highest BCUT2D eigenvalue weighted by Crippen LogP contribution is 2.19. The van der Waals surface area contributed by atoms with Crippen molar-refractivity contribution in [1.82, 2.24) is 14.7 Å². The van der Waals surface area contributed by atoms with E-state index < -0.39 is 0 Å². The second kappa shape index (κ2) is 8.60. The van der Waals surface area contributed by atoms with Crippen LogP contribution in [0.1, 0.15) is 12.0 Å². The van der Waals surface area contributed by atoms with Crippen LogP contribution in [-0.2, 0) is 20.7 Å². The van der Waals surface area contributed by atoms with E-state index >= 15 is 0 Å². The van der Waals surface area contributed by atoms with Gasteiger partial charge in [-0.1, -0.05) is 12.1 Å². The average molecular weight is 363 g/mol. The summed E-state index contributed by atoms with van der Waals surface area (Å²) in [6.07, 6.45) is 1.12. The van der Waals surface area contributed by atoms with Gasteiger partial charge in [0.05, 0.1) is 19.1 Å². The van der Waals surface area contributed by atoms with Crippen molar-refractivity contribution in [1.29, 1.82) is 0 Å². The van der Waals surface area contributed by atoms with Crippen LogP contribution in [0.4, 0.5) is 4.39 Å². The average Bonchev–Trinajstić information content (AvgIpc) is 3.02. The minimum absolute atomic E-state index is 0.0516. The molecule has 0 saturated carbocycles. The fraction of sp³-hybridized carbons (Fsp3) is 0.579. The number of nitrogens with zero attached hydrogens (tertiary/aromatic N) is 3. The largest absolute Gasteiger partial charge is 0.383 e. The molecule has 0 N–H and O–H groups in total. The molecule has 2 fully saturated rings. The molecule has 0 bridgehead atoms. The molecule has 2 saturated heterocycles. The van der Waals surface area contributed by atoms with Crippen molar-refractivity contribution in [2.75, 3.05) is 53.0 Å². The van der Waals surface area contributed by atoms with Crippen LogP contribution in [0.2, 0.25) is 0 Å². The number of benzene rings is 1. The molecule has 2 aliphatic rings. The van der Waals surface area contributed by atoms with E-state index in [2.05, 4.69) is 4.90 Å². The van der Waals surface area contributed by atoms with Gasteiger partial charge >= 0.3 is 0 Å². The van der Waals surface area contributed by atoms with Crippen molar-refractivity contribution in [2.45, 2.75) is 18.9 Å². The maximum atomic E-state index is 13.0.